The fourth-order valence-electron chi connectivity index (χ4n) is 0.879. The van der Waals surface area contributed by atoms with Gasteiger partial charge in [-0.05, 0) is 13.8 Å². The molecular formula is C6H11BO2. The van der Waals surface area contributed by atoms with Gasteiger partial charge in [-0.15, -0.1) is 0 Å². The third-order valence-corrected chi connectivity index (χ3v) is 1.33. The van der Waals surface area contributed by atoms with E-state index in [2.05, 4.69) is 0 Å². The molecule has 1 rings (SSSR count). The lowest BCUT2D eigenvalue weighted by Gasteiger charge is -2.16. The average Bonchev–Trinajstić information content (AvgIpc) is 2.10. The van der Waals surface area contributed by atoms with E-state index >= 15 is 0 Å². The summed E-state index contributed by atoms with van der Waals surface area (Å²) in [6.07, 6.45) is 0.642. The average molecular weight is 126 g/mol. The van der Waals surface area contributed by atoms with Crippen molar-refractivity contribution >= 4 is 7.85 Å². The lowest BCUT2D eigenvalue weighted by Crippen LogP contribution is -2.21. The van der Waals surface area contributed by atoms with Crippen molar-refractivity contribution in [1.29, 1.82) is 0 Å². The molecule has 0 aromatic heterocycles. The van der Waals surface area contributed by atoms with Crippen LogP contribution < -0.4 is 0 Å². The van der Waals surface area contributed by atoms with E-state index in [9.17, 15) is 0 Å². The van der Waals surface area contributed by atoms with Crippen LogP contribution in [0.2, 0.25) is 6.32 Å². The van der Waals surface area contributed by atoms with Crippen molar-refractivity contribution < 1.29 is 9.47 Å². The summed E-state index contributed by atoms with van der Waals surface area (Å²) < 4.78 is 10.6. The molecule has 0 bridgehead atoms. The summed E-state index contributed by atoms with van der Waals surface area (Å²) in [5.41, 5.74) is 0. The van der Waals surface area contributed by atoms with Crippen LogP contribution in [-0.4, -0.2) is 26.3 Å². The van der Waals surface area contributed by atoms with E-state index in [-0.39, 0.29) is 6.10 Å². The maximum atomic E-state index is 5.35. The lowest BCUT2D eigenvalue weighted by atomic mass is 10.0. The Balaban J connectivity index is 2.38. The SMILES string of the molecule is [B]C[C@@H]1COC(C)(C)O1. The molecule has 0 aromatic carbocycles. The molecule has 1 saturated heterocycles. The molecule has 2 nitrogen and oxygen atoms in total. The predicted octanol–water partition coefficient (Wildman–Crippen LogP) is 0.725. The first-order valence-corrected chi connectivity index (χ1v) is 3.16. The van der Waals surface area contributed by atoms with Crippen LogP contribution in [0.5, 0.6) is 0 Å². The van der Waals surface area contributed by atoms with Crippen molar-refractivity contribution in [2.45, 2.75) is 32.1 Å². The molecule has 3 heteroatoms. The molecule has 0 spiro atoms. The first kappa shape index (κ1) is 7.10. The van der Waals surface area contributed by atoms with E-state index in [4.69, 9.17) is 17.3 Å². The van der Waals surface area contributed by atoms with Crippen molar-refractivity contribution in [2.75, 3.05) is 6.61 Å². The maximum absolute atomic E-state index is 5.35. The minimum absolute atomic E-state index is 0.0972. The Morgan fingerprint density at radius 3 is 2.56 bits per heavy atom. The normalized spacial score (nSPS) is 32.9. The molecule has 2 radical (unpaired) electrons. The number of hydrogen-bond acceptors (Lipinski definition) is 2. The molecule has 50 valence electrons. The zero-order valence-electron chi connectivity index (χ0n) is 5.89. The monoisotopic (exact) mass is 126 g/mol. The Bertz CT molecular complexity index is 103. The summed E-state index contributed by atoms with van der Waals surface area (Å²) in [6, 6.07) is 0. The predicted molar refractivity (Wildman–Crippen MR) is 35.5 cm³/mol. The van der Waals surface area contributed by atoms with Crippen LogP contribution in [0.3, 0.4) is 0 Å². The van der Waals surface area contributed by atoms with Gasteiger partial charge in [0.05, 0.1) is 20.6 Å². The van der Waals surface area contributed by atoms with E-state index in [0.717, 1.165) is 0 Å². The van der Waals surface area contributed by atoms with Crippen LogP contribution in [0.4, 0.5) is 0 Å². The summed E-state index contributed by atoms with van der Waals surface area (Å²) >= 11 is 0. The van der Waals surface area contributed by atoms with Gasteiger partial charge in [-0.1, -0.05) is 6.32 Å². The summed E-state index contributed by atoms with van der Waals surface area (Å²) in [5, 5.41) is 0. The first-order chi connectivity index (χ1) is 4.14. The lowest BCUT2D eigenvalue weighted by molar-refractivity contribution is -0.136. The van der Waals surface area contributed by atoms with Gasteiger partial charge < -0.3 is 9.47 Å². The van der Waals surface area contributed by atoms with Crippen molar-refractivity contribution in [3.63, 3.8) is 0 Å². The van der Waals surface area contributed by atoms with Gasteiger partial charge in [-0.25, -0.2) is 0 Å². The molecule has 0 aromatic rings. The molecule has 0 saturated carbocycles. The highest BCUT2D eigenvalue weighted by Crippen LogP contribution is 2.23. The quantitative estimate of drug-likeness (QED) is 0.482. The van der Waals surface area contributed by atoms with E-state index < -0.39 is 5.79 Å². The van der Waals surface area contributed by atoms with Crippen molar-refractivity contribution in [1.82, 2.24) is 0 Å². The molecule has 1 heterocycles. The highest BCUT2D eigenvalue weighted by Gasteiger charge is 2.30. The molecule has 0 N–H and O–H groups in total. The molecule has 9 heavy (non-hydrogen) atoms. The first-order valence-electron chi connectivity index (χ1n) is 3.16. The molecule has 1 aliphatic heterocycles. The Morgan fingerprint density at radius 2 is 2.33 bits per heavy atom. The second kappa shape index (κ2) is 2.31. The highest BCUT2D eigenvalue weighted by atomic mass is 16.7. The van der Waals surface area contributed by atoms with Crippen molar-refractivity contribution in [3.05, 3.63) is 0 Å². The third kappa shape index (κ3) is 1.70. The standard InChI is InChI=1S/C6H11BO2/c1-6(2)8-4-5(3-7)9-6/h5H,3-4H2,1-2H3/t5-/m1/s1. The van der Waals surface area contributed by atoms with E-state index in [1.54, 1.807) is 0 Å². The van der Waals surface area contributed by atoms with Crippen LogP contribution in [0, 0.1) is 0 Å². The van der Waals surface area contributed by atoms with Gasteiger partial charge in [-0.3, -0.25) is 0 Å². The number of ether oxygens (including phenoxy) is 2. The summed E-state index contributed by atoms with van der Waals surface area (Å²) in [5.74, 6) is -0.413. The second-order valence-corrected chi connectivity index (χ2v) is 2.69. The van der Waals surface area contributed by atoms with Crippen LogP contribution in [0.15, 0.2) is 0 Å². The van der Waals surface area contributed by atoms with Gasteiger partial charge in [0, 0.05) is 0 Å². The highest BCUT2D eigenvalue weighted by molar-refractivity contribution is 6.08. The van der Waals surface area contributed by atoms with Gasteiger partial charge >= 0.3 is 0 Å². The van der Waals surface area contributed by atoms with Crippen LogP contribution >= 0.6 is 0 Å². The Labute approximate surface area is 56.9 Å². The summed E-state index contributed by atoms with van der Waals surface area (Å²) in [4.78, 5) is 0. The third-order valence-electron chi connectivity index (χ3n) is 1.33. The van der Waals surface area contributed by atoms with Crippen molar-refractivity contribution in [3.8, 4) is 0 Å². The fraction of sp³-hybridized carbons (Fsp3) is 1.00. The van der Waals surface area contributed by atoms with Gasteiger partial charge in [0.1, 0.15) is 0 Å². The molecule has 0 unspecified atom stereocenters. The van der Waals surface area contributed by atoms with E-state index in [1.165, 1.54) is 0 Å². The Kier molecular flexibility index (Phi) is 1.82. The smallest absolute Gasteiger partial charge is 0.163 e. The molecule has 0 amide bonds. The molecule has 0 aliphatic carbocycles. The molecule has 1 fully saturated rings. The summed E-state index contributed by atoms with van der Waals surface area (Å²) in [6.45, 7) is 4.41. The molecule has 1 atom stereocenters. The second-order valence-electron chi connectivity index (χ2n) is 2.69. The minimum atomic E-state index is -0.413. The van der Waals surface area contributed by atoms with E-state index in [0.29, 0.717) is 12.9 Å². The fourth-order valence-corrected chi connectivity index (χ4v) is 0.879. The molecular weight excluding hydrogens is 115 g/mol. The van der Waals surface area contributed by atoms with Crippen LogP contribution in [-0.2, 0) is 9.47 Å². The zero-order chi connectivity index (χ0) is 6.91. The summed E-state index contributed by atoms with van der Waals surface area (Å²) in [7, 11) is 5.35. The number of rotatable bonds is 1. The van der Waals surface area contributed by atoms with Crippen LogP contribution in [0.1, 0.15) is 13.8 Å². The van der Waals surface area contributed by atoms with Crippen LogP contribution in [0.25, 0.3) is 0 Å². The zero-order valence-corrected chi connectivity index (χ0v) is 5.89. The minimum Gasteiger partial charge on any atom is -0.348 e. The van der Waals surface area contributed by atoms with Gasteiger partial charge in [0.2, 0.25) is 0 Å². The van der Waals surface area contributed by atoms with Gasteiger partial charge in [-0.2, -0.15) is 0 Å². The Hall–Kier alpha value is -0.0151. The topological polar surface area (TPSA) is 18.5 Å². The number of hydrogen-bond donors (Lipinski definition) is 0. The van der Waals surface area contributed by atoms with Crippen molar-refractivity contribution in [2.24, 2.45) is 0 Å². The van der Waals surface area contributed by atoms with Gasteiger partial charge in [0.25, 0.3) is 0 Å². The largest absolute Gasteiger partial charge is 0.348 e. The Morgan fingerprint density at radius 1 is 1.67 bits per heavy atom. The van der Waals surface area contributed by atoms with Gasteiger partial charge in [0.15, 0.2) is 5.79 Å². The molecule has 1 aliphatic rings. The van der Waals surface area contributed by atoms with E-state index in [1.807, 2.05) is 13.8 Å². The maximum Gasteiger partial charge on any atom is 0.163 e.